The van der Waals surface area contributed by atoms with E-state index in [1.165, 1.54) is 0 Å². The topological polar surface area (TPSA) is 37.8 Å². The third-order valence-electron chi connectivity index (χ3n) is 2.52. The second-order valence-corrected chi connectivity index (χ2v) is 6.81. The standard InChI is InChI=1S/C13H15BrClN3S/c1-8(2)16-6-5-12-17-18-13(19-12)9-3-4-10(14)11(15)7-9/h3-4,7-8,16H,5-6H2,1-2H3. The zero-order chi connectivity index (χ0) is 13.8. The van der Waals surface area contributed by atoms with Crippen molar-refractivity contribution in [2.75, 3.05) is 6.54 Å². The molecule has 102 valence electrons. The van der Waals surface area contributed by atoms with Crippen LogP contribution in [-0.2, 0) is 6.42 Å². The van der Waals surface area contributed by atoms with Crippen molar-refractivity contribution in [1.29, 1.82) is 0 Å². The van der Waals surface area contributed by atoms with E-state index in [1.54, 1.807) is 11.3 Å². The Balaban J connectivity index is 2.05. The highest BCUT2D eigenvalue weighted by Gasteiger charge is 2.08. The van der Waals surface area contributed by atoms with Crippen molar-refractivity contribution in [2.24, 2.45) is 0 Å². The first-order valence-corrected chi connectivity index (χ1v) is 8.06. The number of halogens is 2. The van der Waals surface area contributed by atoms with Crippen molar-refractivity contribution < 1.29 is 0 Å². The van der Waals surface area contributed by atoms with Crippen LogP contribution in [0, 0.1) is 0 Å². The minimum absolute atomic E-state index is 0.498. The van der Waals surface area contributed by atoms with E-state index in [0.29, 0.717) is 11.1 Å². The summed E-state index contributed by atoms with van der Waals surface area (Å²) in [6, 6.07) is 6.33. The minimum Gasteiger partial charge on any atom is -0.314 e. The second-order valence-electron chi connectivity index (χ2n) is 4.49. The Hall–Kier alpha value is -0.490. The lowest BCUT2D eigenvalue weighted by molar-refractivity contribution is 0.588. The molecule has 0 aliphatic heterocycles. The highest BCUT2D eigenvalue weighted by molar-refractivity contribution is 9.10. The summed E-state index contributed by atoms with van der Waals surface area (Å²) in [5.74, 6) is 0. The molecule has 0 atom stereocenters. The summed E-state index contributed by atoms with van der Waals surface area (Å²) < 4.78 is 0.892. The summed E-state index contributed by atoms with van der Waals surface area (Å²) >= 11 is 11.1. The first-order chi connectivity index (χ1) is 9.06. The van der Waals surface area contributed by atoms with Crippen LogP contribution in [0.5, 0.6) is 0 Å². The van der Waals surface area contributed by atoms with Crippen LogP contribution >= 0.6 is 38.9 Å². The molecule has 0 bridgehead atoms. The summed E-state index contributed by atoms with van der Waals surface area (Å²) in [5, 5.41) is 14.5. The maximum atomic E-state index is 6.09. The fourth-order valence-electron chi connectivity index (χ4n) is 1.57. The smallest absolute Gasteiger partial charge is 0.147 e. The van der Waals surface area contributed by atoms with E-state index in [2.05, 4.69) is 45.3 Å². The fourth-order valence-corrected chi connectivity index (χ4v) is 2.83. The fraction of sp³-hybridized carbons (Fsp3) is 0.385. The highest BCUT2D eigenvalue weighted by atomic mass is 79.9. The van der Waals surface area contributed by atoms with E-state index in [4.69, 9.17) is 11.6 Å². The van der Waals surface area contributed by atoms with Crippen molar-refractivity contribution >= 4 is 38.9 Å². The van der Waals surface area contributed by atoms with Crippen molar-refractivity contribution in [2.45, 2.75) is 26.3 Å². The first-order valence-electron chi connectivity index (χ1n) is 6.07. The zero-order valence-corrected chi connectivity index (χ0v) is 13.9. The van der Waals surface area contributed by atoms with Gasteiger partial charge in [-0.1, -0.05) is 42.9 Å². The maximum Gasteiger partial charge on any atom is 0.147 e. The maximum absolute atomic E-state index is 6.09. The zero-order valence-electron chi connectivity index (χ0n) is 10.8. The third-order valence-corrected chi connectivity index (χ3v) is 4.79. The minimum atomic E-state index is 0.498. The van der Waals surface area contributed by atoms with Gasteiger partial charge < -0.3 is 5.32 Å². The van der Waals surface area contributed by atoms with Crippen LogP contribution in [0.3, 0.4) is 0 Å². The number of benzene rings is 1. The van der Waals surface area contributed by atoms with Gasteiger partial charge in [0.15, 0.2) is 0 Å². The summed E-state index contributed by atoms with van der Waals surface area (Å²) in [4.78, 5) is 0. The molecular formula is C13H15BrClN3S. The van der Waals surface area contributed by atoms with E-state index in [0.717, 1.165) is 33.0 Å². The van der Waals surface area contributed by atoms with Gasteiger partial charge in [0, 0.05) is 29.0 Å². The van der Waals surface area contributed by atoms with E-state index in [-0.39, 0.29) is 0 Å². The molecule has 0 unspecified atom stereocenters. The lowest BCUT2D eigenvalue weighted by Crippen LogP contribution is -2.24. The van der Waals surface area contributed by atoms with Crippen molar-refractivity contribution in [3.05, 3.63) is 32.7 Å². The molecule has 0 amide bonds. The van der Waals surface area contributed by atoms with Crippen LogP contribution in [0.15, 0.2) is 22.7 Å². The average molecular weight is 361 g/mol. The quantitative estimate of drug-likeness (QED) is 0.870. The summed E-state index contributed by atoms with van der Waals surface area (Å²) in [6.45, 7) is 5.19. The number of nitrogens with zero attached hydrogens (tertiary/aromatic N) is 2. The van der Waals surface area contributed by atoms with Crippen LogP contribution in [-0.4, -0.2) is 22.8 Å². The molecule has 1 aromatic heterocycles. The van der Waals surface area contributed by atoms with Crippen LogP contribution in [0.1, 0.15) is 18.9 Å². The van der Waals surface area contributed by atoms with E-state index in [9.17, 15) is 0 Å². The Morgan fingerprint density at radius 2 is 2.16 bits per heavy atom. The average Bonchev–Trinajstić information content (AvgIpc) is 2.81. The SMILES string of the molecule is CC(C)NCCc1nnc(-c2ccc(Br)c(Cl)c2)s1. The third kappa shape index (κ3) is 4.24. The second kappa shape index (κ2) is 6.79. The predicted molar refractivity (Wildman–Crippen MR) is 84.9 cm³/mol. The van der Waals surface area contributed by atoms with Crippen molar-refractivity contribution in [3.63, 3.8) is 0 Å². The molecular weight excluding hydrogens is 346 g/mol. The summed E-state index contributed by atoms with van der Waals surface area (Å²) in [5.41, 5.74) is 1.01. The number of nitrogens with one attached hydrogen (secondary N) is 1. The summed E-state index contributed by atoms with van der Waals surface area (Å²) in [6.07, 6.45) is 0.903. The van der Waals surface area contributed by atoms with Crippen LogP contribution in [0.2, 0.25) is 5.02 Å². The monoisotopic (exact) mass is 359 g/mol. The molecule has 1 heterocycles. The molecule has 2 aromatic rings. The molecule has 0 saturated carbocycles. The van der Waals surface area contributed by atoms with Crippen LogP contribution in [0.25, 0.3) is 10.6 Å². The van der Waals surface area contributed by atoms with Gasteiger partial charge in [0.25, 0.3) is 0 Å². The Kier molecular flexibility index (Phi) is 5.33. The van der Waals surface area contributed by atoms with Gasteiger partial charge in [0.1, 0.15) is 10.0 Å². The molecule has 0 saturated heterocycles. The Morgan fingerprint density at radius 1 is 1.37 bits per heavy atom. The highest BCUT2D eigenvalue weighted by Crippen LogP contribution is 2.30. The van der Waals surface area contributed by atoms with Gasteiger partial charge in [-0.25, -0.2) is 0 Å². The normalized spacial score (nSPS) is 11.2. The van der Waals surface area contributed by atoms with Gasteiger partial charge in [-0.15, -0.1) is 10.2 Å². The molecule has 2 rings (SSSR count). The molecule has 0 aliphatic rings. The molecule has 0 aliphatic carbocycles. The number of hydrogen-bond acceptors (Lipinski definition) is 4. The molecule has 0 radical (unpaired) electrons. The van der Waals surface area contributed by atoms with E-state index >= 15 is 0 Å². The van der Waals surface area contributed by atoms with Gasteiger partial charge in [0.2, 0.25) is 0 Å². The van der Waals surface area contributed by atoms with E-state index in [1.807, 2.05) is 18.2 Å². The first kappa shape index (κ1) is 14.9. The number of rotatable bonds is 5. The molecule has 1 N–H and O–H groups in total. The van der Waals surface area contributed by atoms with Gasteiger partial charge in [-0.2, -0.15) is 0 Å². The van der Waals surface area contributed by atoms with Gasteiger partial charge in [-0.05, 0) is 28.1 Å². The Morgan fingerprint density at radius 3 is 2.84 bits per heavy atom. The Bertz CT molecular complexity index is 557. The predicted octanol–water partition coefficient (Wildman–Crippen LogP) is 4.16. The molecule has 0 fully saturated rings. The molecule has 6 heteroatoms. The number of aromatic nitrogens is 2. The van der Waals surface area contributed by atoms with Gasteiger partial charge in [-0.3, -0.25) is 0 Å². The molecule has 0 spiro atoms. The van der Waals surface area contributed by atoms with Crippen LogP contribution < -0.4 is 5.32 Å². The van der Waals surface area contributed by atoms with Crippen molar-refractivity contribution in [1.82, 2.24) is 15.5 Å². The largest absolute Gasteiger partial charge is 0.314 e. The lowest BCUT2D eigenvalue weighted by atomic mass is 10.2. The van der Waals surface area contributed by atoms with E-state index < -0.39 is 0 Å². The molecule has 3 nitrogen and oxygen atoms in total. The van der Waals surface area contributed by atoms with Crippen LogP contribution in [0.4, 0.5) is 0 Å². The molecule has 19 heavy (non-hydrogen) atoms. The lowest BCUT2D eigenvalue weighted by Gasteiger charge is -2.05. The van der Waals surface area contributed by atoms with Gasteiger partial charge in [0.05, 0.1) is 5.02 Å². The molecule has 1 aromatic carbocycles. The number of hydrogen-bond donors (Lipinski definition) is 1. The Labute approximate surface area is 130 Å². The van der Waals surface area contributed by atoms with Gasteiger partial charge >= 0.3 is 0 Å². The summed E-state index contributed by atoms with van der Waals surface area (Å²) in [7, 11) is 0. The van der Waals surface area contributed by atoms with Crippen molar-refractivity contribution in [3.8, 4) is 10.6 Å².